The van der Waals surface area contributed by atoms with Gasteiger partial charge in [-0.15, -0.1) is 0 Å². The van der Waals surface area contributed by atoms with Crippen molar-refractivity contribution >= 4 is 17.4 Å². The fourth-order valence-corrected chi connectivity index (χ4v) is 3.87. The number of aryl methyl sites for hydroxylation is 1. The molecule has 1 aromatic carbocycles. The summed E-state index contributed by atoms with van der Waals surface area (Å²) in [6.07, 6.45) is 10.6. The Hall–Kier alpha value is -3.98. The van der Waals surface area contributed by atoms with Gasteiger partial charge in [-0.3, -0.25) is 9.78 Å². The number of carbonyl (C=O) groups excluding carboxylic acids is 1. The molecule has 0 unspecified atom stereocenters. The Bertz CT molecular complexity index is 1360. The summed E-state index contributed by atoms with van der Waals surface area (Å²) in [6.45, 7) is 1.94. The first-order valence-corrected chi connectivity index (χ1v) is 12.3. The Labute approximate surface area is 209 Å². The van der Waals surface area contributed by atoms with Gasteiger partial charge in [0.25, 0.3) is 5.91 Å². The summed E-state index contributed by atoms with van der Waals surface area (Å²) in [7, 11) is 1.82. The molecule has 3 aromatic heterocycles. The van der Waals surface area contributed by atoms with Crippen LogP contribution in [0.15, 0.2) is 55.0 Å². The lowest BCUT2D eigenvalue weighted by molar-refractivity contribution is 0.0945. The minimum Gasteiger partial charge on any atom is -0.437 e. The number of aromatic nitrogens is 4. The number of hydrogen-bond acceptors (Lipinski definition) is 7. The Balaban J connectivity index is 0.000000477. The SMILES string of the molecule is CNc1cc(Oc2cccnc2)nc2c(-c3ccc(C(=O)NC4CC4)c(C)c3)cnn12.OC1CCC1. The van der Waals surface area contributed by atoms with Gasteiger partial charge < -0.3 is 20.5 Å². The molecule has 2 fully saturated rings. The van der Waals surface area contributed by atoms with Crippen molar-refractivity contribution in [3.63, 3.8) is 0 Å². The van der Waals surface area contributed by atoms with E-state index in [4.69, 9.17) is 9.84 Å². The van der Waals surface area contributed by atoms with Crippen LogP contribution in [0.2, 0.25) is 0 Å². The molecular weight excluding hydrogens is 456 g/mol. The summed E-state index contributed by atoms with van der Waals surface area (Å²) in [4.78, 5) is 21.2. The zero-order valence-electron chi connectivity index (χ0n) is 20.4. The highest BCUT2D eigenvalue weighted by Gasteiger charge is 2.24. The first-order chi connectivity index (χ1) is 17.5. The van der Waals surface area contributed by atoms with Gasteiger partial charge in [0.2, 0.25) is 5.88 Å². The second kappa shape index (κ2) is 10.3. The van der Waals surface area contributed by atoms with Crippen LogP contribution in [-0.4, -0.2) is 49.8 Å². The number of nitrogens with one attached hydrogen (secondary N) is 2. The lowest BCUT2D eigenvalue weighted by Gasteiger charge is -2.17. The number of hydrogen-bond donors (Lipinski definition) is 3. The van der Waals surface area contributed by atoms with Crippen molar-refractivity contribution in [2.75, 3.05) is 12.4 Å². The van der Waals surface area contributed by atoms with Crippen molar-refractivity contribution in [1.82, 2.24) is 24.9 Å². The van der Waals surface area contributed by atoms with Gasteiger partial charge in [-0.05, 0) is 68.4 Å². The standard InChI is InChI=1S/C23H22N6O2.C4H8O/c1-14-10-15(5-8-18(14)23(30)27-16-6-7-16)19-13-26-29-20(24-2)11-21(28-22(19)29)31-17-4-3-9-25-12-17;5-4-2-1-3-4/h3-5,8-13,16,24H,6-7H2,1-2H3,(H,27,30);4-5H,1-3H2. The van der Waals surface area contributed by atoms with Crippen LogP contribution in [0.1, 0.15) is 48.0 Å². The van der Waals surface area contributed by atoms with Gasteiger partial charge >= 0.3 is 0 Å². The average molecular weight is 487 g/mol. The normalized spacial score (nSPS) is 15.0. The highest BCUT2D eigenvalue weighted by Crippen LogP contribution is 2.30. The van der Waals surface area contributed by atoms with Crippen LogP contribution < -0.4 is 15.4 Å². The molecule has 186 valence electrons. The van der Waals surface area contributed by atoms with Gasteiger partial charge in [0.05, 0.1) is 18.5 Å². The number of nitrogens with zero attached hydrogens (tertiary/aromatic N) is 4. The smallest absolute Gasteiger partial charge is 0.251 e. The molecule has 0 saturated heterocycles. The van der Waals surface area contributed by atoms with Gasteiger partial charge in [-0.1, -0.05) is 12.1 Å². The maximum atomic E-state index is 12.5. The molecule has 3 heterocycles. The largest absolute Gasteiger partial charge is 0.437 e. The maximum absolute atomic E-state index is 12.5. The second-order valence-electron chi connectivity index (χ2n) is 9.18. The summed E-state index contributed by atoms with van der Waals surface area (Å²) in [5.41, 5.74) is 4.04. The van der Waals surface area contributed by atoms with Crippen molar-refractivity contribution in [3.05, 3.63) is 66.1 Å². The maximum Gasteiger partial charge on any atom is 0.251 e. The highest BCUT2D eigenvalue weighted by atomic mass is 16.5. The number of carbonyl (C=O) groups is 1. The molecule has 0 aliphatic heterocycles. The predicted octanol–water partition coefficient (Wildman–Crippen LogP) is 4.36. The Morgan fingerprint density at radius 1 is 1.14 bits per heavy atom. The zero-order chi connectivity index (χ0) is 25.1. The Kier molecular flexibility index (Phi) is 6.81. The molecule has 0 atom stereocenters. The molecule has 2 saturated carbocycles. The van der Waals surface area contributed by atoms with E-state index in [0.29, 0.717) is 28.9 Å². The first kappa shape index (κ1) is 23.7. The van der Waals surface area contributed by atoms with Crippen molar-refractivity contribution < 1.29 is 14.6 Å². The molecule has 1 amide bonds. The van der Waals surface area contributed by atoms with E-state index in [1.807, 2.05) is 38.2 Å². The molecule has 2 aliphatic rings. The third kappa shape index (κ3) is 5.31. The van der Waals surface area contributed by atoms with Crippen molar-refractivity contribution in [3.8, 4) is 22.8 Å². The van der Waals surface area contributed by atoms with Gasteiger partial charge in [-0.2, -0.15) is 14.6 Å². The van der Waals surface area contributed by atoms with Gasteiger partial charge in [0.15, 0.2) is 5.65 Å². The lowest BCUT2D eigenvalue weighted by atomic mass is 9.97. The molecule has 9 heteroatoms. The first-order valence-electron chi connectivity index (χ1n) is 12.3. The monoisotopic (exact) mass is 486 g/mol. The van der Waals surface area contributed by atoms with Crippen molar-refractivity contribution in [2.45, 2.75) is 51.2 Å². The Morgan fingerprint density at radius 3 is 2.56 bits per heavy atom. The number of ether oxygens (including phenoxy) is 1. The molecule has 36 heavy (non-hydrogen) atoms. The minimum atomic E-state index is -0.0193. The number of fused-ring (bicyclic) bond motifs is 1. The third-order valence-electron chi connectivity index (χ3n) is 6.33. The molecular formula is C27H30N6O3. The molecule has 2 aliphatic carbocycles. The predicted molar refractivity (Wildman–Crippen MR) is 137 cm³/mol. The Morgan fingerprint density at radius 2 is 1.94 bits per heavy atom. The van der Waals surface area contributed by atoms with E-state index in [0.717, 1.165) is 48.2 Å². The van der Waals surface area contributed by atoms with Crippen LogP contribution in [-0.2, 0) is 0 Å². The number of aliphatic hydroxyl groups is 1. The summed E-state index contributed by atoms with van der Waals surface area (Å²) in [5, 5.41) is 19.1. The second-order valence-corrected chi connectivity index (χ2v) is 9.18. The van der Waals surface area contributed by atoms with Gasteiger partial charge in [0, 0.05) is 36.5 Å². The van der Waals surface area contributed by atoms with E-state index in [2.05, 4.69) is 25.7 Å². The minimum absolute atomic E-state index is 0.0193. The van der Waals surface area contributed by atoms with E-state index >= 15 is 0 Å². The molecule has 3 N–H and O–H groups in total. The molecule has 0 spiro atoms. The van der Waals surface area contributed by atoms with Crippen molar-refractivity contribution in [1.29, 1.82) is 0 Å². The van der Waals surface area contributed by atoms with E-state index in [1.54, 1.807) is 35.2 Å². The number of benzene rings is 1. The van der Waals surface area contributed by atoms with Crippen LogP contribution in [0.25, 0.3) is 16.8 Å². The van der Waals surface area contributed by atoms with Crippen LogP contribution >= 0.6 is 0 Å². The van der Waals surface area contributed by atoms with E-state index < -0.39 is 0 Å². The third-order valence-corrected chi connectivity index (χ3v) is 6.33. The van der Waals surface area contributed by atoms with Gasteiger partial charge in [-0.25, -0.2) is 0 Å². The van der Waals surface area contributed by atoms with Crippen LogP contribution in [0.3, 0.4) is 0 Å². The quantitative estimate of drug-likeness (QED) is 0.371. The van der Waals surface area contributed by atoms with E-state index in [1.165, 1.54) is 6.42 Å². The zero-order valence-corrected chi connectivity index (χ0v) is 20.4. The average Bonchev–Trinajstić information content (AvgIpc) is 3.58. The van der Waals surface area contributed by atoms with E-state index in [-0.39, 0.29) is 12.0 Å². The number of anilines is 1. The fraction of sp³-hybridized carbons (Fsp3) is 0.333. The highest BCUT2D eigenvalue weighted by molar-refractivity contribution is 5.97. The summed E-state index contributed by atoms with van der Waals surface area (Å²) >= 11 is 0. The lowest BCUT2D eigenvalue weighted by Crippen LogP contribution is -2.26. The summed E-state index contributed by atoms with van der Waals surface area (Å²) in [5.74, 6) is 1.76. The number of pyridine rings is 1. The molecule has 4 aromatic rings. The molecule has 0 bridgehead atoms. The summed E-state index contributed by atoms with van der Waals surface area (Å²) in [6, 6.07) is 11.5. The van der Waals surface area contributed by atoms with Crippen molar-refractivity contribution in [2.24, 2.45) is 0 Å². The van der Waals surface area contributed by atoms with Gasteiger partial charge in [0.1, 0.15) is 11.6 Å². The van der Waals surface area contributed by atoms with E-state index in [9.17, 15) is 4.79 Å². The van der Waals surface area contributed by atoms with Crippen LogP contribution in [0, 0.1) is 6.92 Å². The molecule has 0 radical (unpaired) electrons. The summed E-state index contributed by atoms with van der Waals surface area (Å²) < 4.78 is 7.63. The van der Waals surface area contributed by atoms with Crippen LogP contribution in [0.4, 0.5) is 5.82 Å². The van der Waals surface area contributed by atoms with Crippen LogP contribution in [0.5, 0.6) is 11.6 Å². The number of aliphatic hydroxyl groups excluding tert-OH is 1. The fourth-order valence-electron chi connectivity index (χ4n) is 3.87. The molecule has 6 rings (SSSR count). The molecule has 9 nitrogen and oxygen atoms in total. The topological polar surface area (TPSA) is 114 Å². The number of rotatable bonds is 6. The number of amides is 1.